The number of nitrogens with zero attached hydrogens (tertiary/aromatic N) is 3. The first kappa shape index (κ1) is 11.2. The molecule has 4 nitrogen and oxygen atoms in total. The van der Waals surface area contributed by atoms with Gasteiger partial charge in [-0.05, 0) is 12.7 Å². The molecular formula is C9H15N3OS. The van der Waals surface area contributed by atoms with Gasteiger partial charge in [-0.1, -0.05) is 6.92 Å². The van der Waals surface area contributed by atoms with Crippen LogP contribution in [0.1, 0.15) is 19.2 Å². The second kappa shape index (κ2) is 5.80. The summed E-state index contributed by atoms with van der Waals surface area (Å²) in [6, 6.07) is 0. The van der Waals surface area contributed by atoms with E-state index in [2.05, 4.69) is 17.0 Å². The van der Waals surface area contributed by atoms with Crippen LogP contribution in [-0.2, 0) is 17.8 Å². The van der Waals surface area contributed by atoms with E-state index in [4.69, 9.17) is 0 Å². The van der Waals surface area contributed by atoms with Gasteiger partial charge in [0.05, 0.1) is 12.2 Å². The van der Waals surface area contributed by atoms with Crippen LogP contribution in [0.5, 0.6) is 0 Å². The van der Waals surface area contributed by atoms with Crippen molar-refractivity contribution < 1.29 is 4.79 Å². The molecule has 0 aliphatic carbocycles. The van der Waals surface area contributed by atoms with Crippen molar-refractivity contribution >= 4 is 17.5 Å². The minimum Gasteiger partial charge on any atom is -0.298 e. The summed E-state index contributed by atoms with van der Waals surface area (Å²) in [4.78, 5) is 15.4. The number of ketones is 1. The highest BCUT2D eigenvalue weighted by molar-refractivity contribution is 7.99. The third kappa shape index (κ3) is 3.14. The van der Waals surface area contributed by atoms with Crippen LogP contribution in [0.25, 0.3) is 0 Å². The summed E-state index contributed by atoms with van der Waals surface area (Å²) in [7, 11) is 0. The zero-order valence-electron chi connectivity index (χ0n) is 8.56. The van der Waals surface area contributed by atoms with E-state index in [0.29, 0.717) is 12.2 Å². The molecule has 0 unspecified atom stereocenters. The Hall–Kier alpha value is -0.840. The number of hydrogen-bond donors (Lipinski definition) is 0. The van der Waals surface area contributed by atoms with Crippen molar-refractivity contribution in [3.05, 3.63) is 12.2 Å². The maximum Gasteiger partial charge on any atom is 0.150 e. The van der Waals surface area contributed by atoms with Crippen LogP contribution in [0, 0.1) is 0 Å². The second-order valence-electron chi connectivity index (χ2n) is 3.05. The SMILES string of the molecule is CCCn1ncnc1CC(=O)CSC. The Kier molecular flexibility index (Phi) is 4.65. The van der Waals surface area contributed by atoms with Crippen LogP contribution in [0.2, 0.25) is 0 Å². The Morgan fingerprint density at radius 3 is 3.07 bits per heavy atom. The van der Waals surface area contributed by atoms with Crippen LogP contribution < -0.4 is 0 Å². The number of rotatable bonds is 6. The van der Waals surface area contributed by atoms with E-state index >= 15 is 0 Å². The highest BCUT2D eigenvalue weighted by Crippen LogP contribution is 2.01. The minimum atomic E-state index is 0.211. The van der Waals surface area contributed by atoms with Crippen molar-refractivity contribution in [2.24, 2.45) is 0 Å². The number of thioether (sulfide) groups is 1. The summed E-state index contributed by atoms with van der Waals surface area (Å²) >= 11 is 1.54. The van der Waals surface area contributed by atoms with Crippen molar-refractivity contribution in [3.63, 3.8) is 0 Å². The van der Waals surface area contributed by atoms with Crippen LogP contribution in [0.3, 0.4) is 0 Å². The van der Waals surface area contributed by atoms with Crippen molar-refractivity contribution in [1.82, 2.24) is 14.8 Å². The van der Waals surface area contributed by atoms with Gasteiger partial charge < -0.3 is 0 Å². The molecule has 1 aromatic heterocycles. The molecule has 1 rings (SSSR count). The molecule has 0 bridgehead atoms. The Morgan fingerprint density at radius 2 is 2.43 bits per heavy atom. The van der Waals surface area contributed by atoms with Crippen LogP contribution in [0.15, 0.2) is 6.33 Å². The number of aryl methyl sites for hydroxylation is 1. The topological polar surface area (TPSA) is 47.8 Å². The van der Waals surface area contributed by atoms with Gasteiger partial charge in [0.1, 0.15) is 17.9 Å². The molecule has 14 heavy (non-hydrogen) atoms. The lowest BCUT2D eigenvalue weighted by atomic mass is 10.3. The molecule has 0 aromatic carbocycles. The van der Waals surface area contributed by atoms with E-state index in [9.17, 15) is 4.79 Å². The lowest BCUT2D eigenvalue weighted by Crippen LogP contribution is -2.12. The quantitative estimate of drug-likeness (QED) is 0.711. The average Bonchev–Trinajstić information content (AvgIpc) is 2.54. The standard InChI is InChI=1S/C9H15N3OS/c1-3-4-12-9(10-7-11-12)5-8(13)6-14-2/h7H,3-6H2,1-2H3. The summed E-state index contributed by atoms with van der Waals surface area (Å²) in [6.07, 6.45) is 4.85. The Morgan fingerprint density at radius 1 is 1.64 bits per heavy atom. The van der Waals surface area contributed by atoms with E-state index in [1.165, 1.54) is 6.33 Å². The van der Waals surface area contributed by atoms with Crippen LogP contribution in [0.4, 0.5) is 0 Å². The Bertz CT molecular complexity index is 298. The molecule has 0 atom stereocenters. The molecule has 5 heteroatoms. The minimum absolute atomic E-state index is 0.211. The van der Waals surface area contributed by atoms with Gasteiger partial charge in [-0.3, -0.25) is 4.79 Å². The van der Waals surface area contributed by atoms with E-state index < -0.39 is 0 Å². The van der Waals surface area contributed by atoms with Crippen molar-refractivity contribution in [2.75, 3.05) is 12.0 Å². The van der Waals surface area contributed by atoms with Gasteiger partial charge in [0.25, 0.3) is 0 Å². The summed E-state index contributed by atoms with van der Waals surface area (Å²) in [5, 5.41) is 4.07. The fourth-order valence-corrected chi connectivity index (χ4v) is 1.64. The molecule has 0 aliphatic rings. The number of hydrogen-bond acceptors (Lipinski definition) is 4. The molecule has 1 aromatic rings. The normalized spacial score (nSPS) is 10.4. The number of carbonyl (C=O) groups excluding carboxylic acids is 1. The van der Waals surface area contributed by atoms with Crippen molar-refractivity contribution in [3.8, 4) is 0 Å². The molecule has 78 valence electrons. The molecule has 0 radical (unpaired) electrons. The second-order valence-corrected chi connectivity index (χ2v) is 3.91. The number of Topliss-reactive ketones (excluding diaryl/α,β-unsaturated/α-hetero) is 1. The maximum atomic E-state index is 11.4. The van der Waals surface area contributed by atoms with E-state index in [-0.39, 0.29) is 5.78 Å². The molecular weight excluding hydrogens is 198 g/mol. The first-order valence-electron chi connectivity index (χ1n) is 4.65. The summed E-state index contributed by atoms with van der Waals surface area (Å²) in [5.74, 6) is 1.55. The molecule has 0 amide bonds. The molecule has 0 spiro atoms. The summed E-state index contributed by atoms with van der Waals surface area (Å²) < 4.78 is 1.80. The average molecular weight is 213 g/mol. The van der Waals surface area contributed by atoms with Gasteiger partial charge in [0.2, 0.25) is 0 Å². The van der Waals surface area contributed by atoms with E-state index in [1.807, 2.05) is 6.26 Å². The predicted molar refractivity (Wildman–Crippen MR) is 57.4 cm³/mol. The lowest BCUT2D eigenvalue weighted by Gasteiger charge is -2.02. The smallest absolute Gasteiger partial charge is 0.150 e. The summed E-state index contributed by atoms with van der Waals surface area (Å²) in [5.41, 5.74) is 0. The first-order chi connectivity index (χ1) is 6.77. The van der Waals surface area contributed by atoms with Crippen LogP contribution in [-0.4, -0.2) is 32.6 Å². The molecule has 0 saturated carbocycles. The van der Waals surface area contributed by atoms with Crippen LogP contribution >= 0.6 is 11.8 Å². The van der Waals surface area contributed by atoms with E-state index in [1.54, 1.807) is 16.4 Å². The third-order valence-corrected chi connectivity index (χ3v) is 2.40. The predicted octanol–water partition coefficient (Wildman–Crippen LogP) is 1.16. The lowest BCUT2D eigenvalue weighted by molar-refractivity contribution is -0.116. The van der Waals surface area contributed by atoms with Gasteiger partial charge in [-0.15, -0.1) is 0 Å². The molecule has 1 heterocycles. The van der Waals surface area contributed by atoms with Gasteiger partial charge in [-0.2, -0.15) is 16.9 Å². The fourth-order valence-electron chi connectivity index (χ4n) is 1.21. The third-order valence-electron chi connectivity index (χ3n) is 1.79. The summed E-state index contributed by atoms with van der Waals surface area (Å²) in [6.45, 7) is 2.91. The van der Waals surface area contributed by atoms with Gasteiger partial charge in [-0.25, -0.2) is 9.67 Å². The van der Waals surface area contributed by atoms with E-state index in [0.717, 1.165) is 18.8 Å². The molecule has 0 aliphatic heterocycles. The largest absolute Gasteiger partial charge is 0.298 e. The zero-order valence-corrected chi connectivity index (χ0v) is 9.38. The first-order valence-corrected chi connectivity index (χ1v) is 6.04. The molecule has 0 saturated heterocycles. The molecule has 0 N–H and O–H groups in total. The van der Waals surface area contributed by atoms with Gasteiger partial charge >= 0.3 is 0 Å². The van der Waals surface area contributed by atoms with Gasteiger partial charge in [0, 0.05) is 6.54 Å². The zero-order chi connectivity index (χ0) is 10.4. The fraction of sp³-hybridized carbons (Fsp3) is 0.667. The number of carbonyl (C=O) groups is 1. The Labute approximate surface area is 88.1 Å². The monoisotopic (exact) mass is 213 g/mol. The van der Waals surface area contributed by atoms with Crippen molar-refractivity contribution in [2.45, 2.75) is 26.3 Å². The van der Waals surface area contributed by atoms with Crippen molar-refractivity contribution in [1.29, 1.82) is 0 Å². The highest BCUT2D eigenvalue weighted by atomic mass is 32.2. The van der Waals surface area contributed by atoms with Gasteiger partial charge in [0.15, 0.2) is 0 Å². The highest BCUT2D eigenvalue weighted by Gasteiger charge is 2.08. The Balaban J connectivity index is 2.56. The number of aromatic nitrogens is 3. The molecule has 0 fully saturated rings. The maximum absolute atomic E-state index is 11.4.